The zero-order valence-electron chi connectivity index (χ0n) is 14.7. The van der Waals surface area contributed by atoms with E-state index in [-0.39, 0.29) is 11.4 Å². The van der Waals surface area contributed by atoms with Crippen LogP contribution in [0.3, 0.4) is 0 Å². The summed E-state index contributed by atoms with van der Waals surface area (Å²) < 4.78 is 14.3. The Balaban J connectivity index is 1.61. The normalized spacial score (nSPS) is 11.0. The molecule has 136 valence electrons. The van der Waals surface area contributed by atoms with Crippen molar-refractivity contribution in [3.05, 3.63) is 93.4 Å². The molecule has 4 rings (SSSR count). The number of halogens is 1. The topological polar surface area (TPSA) is 75.1 Å². The number of nitrogens with zero attached hydrogens (tertiary/aromatic N) is 3. The quantitative estimate of drug-likeness (QED) is 0.571. The summed E-state index contributed by atoms with van der Waals surface area (Å²) in [7, 11) is 0. The molecule has 0 aliphatic rings. The summed E-state index contributed by atoms with van der Waals surface area (Å²) in [5.41, 5.74) is 2.98. The zero-order valence-corrected chi connectivity index (χ0v) is 14.7. The minimum atomic E-state index is -0.290. The number of hydrogen-bond acceptors (Lipinski definition) is 4. The molecule has 4 aromatic rings. The second-order valence-corrected chi connectivity index (χ2v) is 6.31. The molecule has 6 nitrogen and oxygen atoms in total. The van der Waals surface area contributed by atoms with Gasteiger partial charge in [-0.15, -0.1) is 0 Å². The van der Waals surface area contributed by atoms with Gasteiger partial charge in [-0.25, -0.2) is 9.37 Å². The minimum absolute atomic E-state index is 0.151. The SMILES string of the molecule is Cc1nc2nc(CNc3ccc(F)cc3)[nH]n2c(=O)c1Cc1ccccc1. The smallest absolute Gasteiger partial charge is 0.277 e. The van der Waals surface area contributed by atoms with Crippen molar-refractivity contribution >= 4 is 11.5 Å². The maximum Gasteiger partial charge on any atom is 0.277 e. The molecule has 0 bridgehead atoms. The van der Waals surface area contributed by atoms with E-state index in [2.05, 4.69) is 20.4 Å². The van der Waals surface area contributed by atoms with E-state index in [0.29, 0.717) is 35.8 Å². The predicted molar refractivity (Wildman–Crippen MR) is 101 cm³/mol. The molecule has 2 N–H and O–H groups in total. The van der Waals surface area contributed by atoms with E-state index in [1.807, 2.05) is 37.3 Å². The fourth-order valence-corrected chi connectivity index (χ4v) is 2.93. The number of hydrogen-bond donors (Lipinski definition) is 2. The first-order valence-corrected chi connectivity index (χ1v) is 8.60. The second kappa shape index (κ2) is 7.03. The number of benzene rings is 2. The molecular formula is C20H18FN5O. The molecule has 0 radical (unpaired) electrons. The molecular weight excluding hydrogens is 345 g/mol. The van der Waals surface area contributed by atoms with Gasteiger partial charge in [-0.05, 0) is 36.8 Å². The van der Waals surface area contributed by atoms with Gasteiger partial charge in [-0.3, -0.25) is 9.89 Å². The summed E-state index contributed by atoms with van der Waals surface area (Å²) in [4.78, 5) is 21.7. The second-order valence-electron chi connectivity index (χ2n) is 6.31. The summed E-state index contributed by atoms with van der Waals surface area (Å²) in [6.45, 7) is 2.19. The Morgan fingerprint density at radius 3 is 2.56 bits per heavy atom. The van der Waals surface area contributed by atoms with Crippen LogP contribution >= 0.6 is 0 Å². The molecule has 0 aliphatic carbocycles. The molecule has 0 spiro atoms. The summed E-state index contributed by atoms with van der Waals surface area (Å²) in [5.74, 6) is 0.617. The van der Waals surface area contributed by atoms with Gasteiger partial charge in [0.25, 0.3) is 11.3 Å². The van der Waals surface area contributed by atoms with Crippen molar-refractivity contribution in [2.45, 2.75) is 19.9 Å². The van der Waals surface area contributed by atoms with Gasteiger partial charge in [0, 0.05) is 17.7 Å². The number of aromatic amines is 1. The lowest BCUT2D eigenvalue weighted by Crippen LogP contribution is -2.22. The molecule has 0 atom stereocenters. The van der Waals surface area contributed by atoms with Gasteiger partial charge in [-0.2, -0.15) is 9.50 Å². The summed E-state index contributed by atoms with van der Waals surface area (Å²) in [6, 6.07) is 15.9. The van der Waals surface area contributed by atoms with E-state index < -0.39 is 0 Å². The molecule has 2 aromatic heterocycles. The Hall–Kier alpha value is -3.48. The average molecular weight is 363 g/mol. The van der Waals surface area contributed by atoms with Crippen LogP contribution in [0.1, 0.15) is 22.6 Å². The molecule has 0 saturated heterocycles. The van der Waals surface area contributed by atoms with E-state index in [1.165, 1.54) is 16.6 Å². The van der Waals surface area contributed by atoms with Crippen LogP contribution in [-0.4, -0.2) is 19.6 Å². The molecule has 7 heteroatoms. The van der Waals surface area contributed by atoms with Crippen molar-refractivity contribution in [3.8, 4) is 0 Å². The van der Waals surface area contributed by atoms with Crippen LogP contribution in [0, 0.1) is 12.7 Å². The highest BCUT2D eigenvalue weighted by molar-refractivity contribution is 5.43. The van der Waals surface area contributed by atoms with Crippen molar-refractivity contribution in [1.29, 1.82) is 0 Å². The van der Waals surface area contributed by atoms with Crippen molar-refractivity contribution in [3.63, 3.8) is 0 Å². The molecule has 0 fully saturated rings. The van der Waals surface area contributed by atoms with Crippen LogP contribution in [0.15, 0.2) is 59.4 Å². The van der Waals surface area contributed by atoms with Crippen molar-refractivity contribution < 1.29 is 4.39 Å². The highest BCUT2D eigenvalue weighted by atomic mass is 19.1. The maximum absolute atomic E-state index is 13.0. The molecule has 0 unspecified atom stereocenters. The third-order valence-electron chi connectivity index (χ3n) is 4.37. The summed E-state index contributed by atoms with van der Waals surface area (Å²) >= 11 is 0. The largest absolute Gasteiger partial charge is 0.378 e. The van der Waals surface area contributed by atoms with Crippen LogP contribution < -0.4 is 10.9 Å². The van der Waals surface area contributed by atoms with Gasteiger partial charge < -0.3 is 5.32 Å². The first kappa shape index (κ1) is 17.0. The Kier molecular flexibility index (Phi) is 4.42. The number of rotatable bonds is 5. The first-order chi connectivity index (χ1) is 13.1. The molecule has 27 heavy (non-hydrogen) atoms. The van der Waals surface area contributed by atoms with Crippen molar-refractivity contribution in [2.24, 2.45) is 0 Å². The van der Waals surface area contributed by atoms with E-state index in [1.54, 1.807) is 12.1 Å². The van der Waals surface area contributed by atoms with Gasteiger partial charge in [0.15, 0.2) is 0 Å². The van der Waals surface area contributed by atoms with E-state index >= 15 is 0 Å². The third-order valence-corrected chi connectivity index (χ3v) is 4.37. The average Bonchev–Trinajstić information content (AvgIpc) is 3.08. The van der Waals surface area contributed by atoms with E-state index in [4.69, 9.17) is 0 Å². The fourth-order valence-electron chi connectivity index (χ4n) is 2.93. The van der Waals surface area contributed by atoms with Crippen molar-refractivity contribution in [2.75, 3.05) is 5.32 Å². The van der Waals surface area contributed by atoms with Gasteiger partial charge in [-0.1, -0.05) is 30.3 Å². The highest BCUT2D eigenvalue weighted by Crippen LogP contribution is 2.11. The number of fused-ring (bicyclic) bond motifs is 1. The molecule has 0 amide bonds. The number of anilines is 1. The lowest BCUT2D eigenvalue weighted by atomic mass is 10.1. The summed E-state index contributed by atoms with van der Waals surface area (Å²) in [5, 5.41) is 6.13. The van der Waals surface area contributed by atoms with E-state index in [0.717, 1.165) is 11.3 Å². The number of aromatic nitrogens is 4. The molecule has 2 aromatic carbocycles. The number of nitrogens with one attached hydrogen (secondary N) is 2. The Bertz CT molecular complexity index is 1130. The number of aryl methyl sites for hydroxylation is 1. The van der Waals surface area contributed by atoms with Crippen LogP contribution in [0.5, 0.6) is 0 Å². The fraction of sp³-hybridized carbons (Fsp3) is 0.150. The Morgan fingerprint density at radius 2 is 1.81 bits per heavy atom. The highest BCUT2D eigenvalue weighted by Gasteiger charge is 2.13. The maximum atomic E-state index is 13.0. The van der Waals surface area contributed by atoms with Crippen LogP contribution in [0.25, 0.3) is 5.78 Å². The van der Waals surface area contributed by atoms with Gasteiger partial charge in [0.05, 0.1) is 12.2 Å². The molecule has 2 heterocycles. The monoisotopic (exact) mass is 363 g/mol. The zero-order chi connectivity index (χ0) is 18.8. The Labute approximate surface area is 154 Å². The van der Waals surface area contributed by atoms with Gasteiger partial charge >= 0.3 is 0 Å². The molecule has 0 saturated carbocycles. The van der Waals surface area contributed by atoms with Crippen LogP contribution in [0.2, 0.25) is 0 Å². The van der Waals surface area contributed by atoms with E-state index in [9.17, 15) is 9.18 Å². The molecule has 0 aliphatic heterocycles. The van der Waals surface area contributed by atoms with Crippen LogP contribution in [0.4, 0.5) is 10.1 Å². The third kappa shape index (κ3) is 3.57. The predicted octanol–water partition coefficient (Wildman–Crippen LogP) is 3.07. The standard InChI is InChI=1S/C20H18FN5O/c1-13-17(11-14-5-3-2-4-6-14)19(27)26-20(23-13)24-18(25-26)12-22-16-9-7-15(21)8-10-16/h2-10,22H,11-12H2,1H3,(H,23,24,25). The lowest BCUT2D eigenvalue weighted by molar-refractivity contribution is 0.628. The van der Waals surface area contributed by atoms with Gasteiger partial charge in [0.1, 0.15) is 11.6 Å². The lowest BCUT2D eigenvalue weighted by Gasteiger charge is -2.05. The minimum Gasteiger partial charge on any atom is -0.378 e. The van der Waals surface area contributed by atoms with Gasteiger partial charge in [0.2, 0.25) is 0 Å². The van der Waals surface area contributed by atoms with Crippen LogP contribution in [-0.2, 0) is 13.0 Å². The first-order valence-electron chi connectivity index (χ1n) is 8.60. The summed E-state index contributed by atoms with van der Waals surface area (Å²) in [6.07, 6.45) is 0.517. The number of H-pyrrole nitrogens is 1. The van der Waals surface area contributed by atoms with Crippen molar-refractivity contribution in [1.82, 2.24) is 19.6 Å². The Morgan fingerprint density at radius 1 is 1.07 bits per heavy atom.